The maximum atomic E-state index is 11.9. The number of likely N-dealkylation sites (N-methyl/N-ethyl adjacent to an activating group) is 1. The molecular weight excluding hydrogens is 192 g/mol. The zero-order chi connectivity index (χ0) is 11.3. The van der Waals surface area contributed by atoms with Crippen molar-refractivity contribution in [2.75, 3.05) is 26.7 Å². The van der Waals surface area contributed by atoms with Gasteiger partial charge in [-0.25, -0.2) is 0 Å². The molecule has 0 aromatic rings. The quantitative estimate of drug-likeness (QED) is 0.729. The van der Waals surface area contributed by atoms with Crippen LogP contribution in [0.1, 0.15) is 26.2 Å². The average Bonchev–Trinajstić information content (AvgIpc) is 2.72. The highest BCUT2D eigenvalue weighted by atomic mass is 16.5. The number of hydrogen-bond donors (Lipinski definition) is 1. The minimum Gasteiger partial charge on any atom is -0.376 e. The summed E-state index contributed by atoms with van der Waals surface area (Å²) in [6, 6.07) is 0. The Balaban J connectivity index is 2.37. The van der Waals surface area contributed by atoms with E-state index >= 15 is 0 Å². The van der Waals surface area contributed by atoms with Gasteiger partial charge >= 0.3 is 0 Å². The van der Waals surface area contributed by atoms with Crippen molar-refractivity contribution >= 4 is 5.91 Å². The summed E-state index contributed by atoms with van der Waals surface area (Å²) in [5.41, 5.74) is 5.55. The Morgan fingerprint density at radius 2 is 2.40 bits per heavy atom. The van der Waals surface area contributed by atoms with Crippen LogP contribution in [0, 0.1) is 5.92 Å². The third kappa shape index (κ3) is 3.47. The molecule has 1 rings (SSSR count). The molecule has 0 spiro atoms. The molecule has 1 fully saturated rings. The second kappa shape index (κ2) is 6.08. The first kappa shape index (κ1) is 12.5. The normalized spacial score (nSPS) is 22.7. The highest BCUT2D eigenvalue weighted by Gasteiger charge is 2.23. The first-order valence-corrected chi connectivity index (χ1v) is 5.75. The fourth-order valence-corrected chi connectivity index (χ4v) is 1.94. The Morgan fingerprint density at radius 1 is 1.67 bits per heavy atom. The molecule has 2 unspecified atom stereocenters. The Hall–Kier alpha value is -0.610. The summed E-state index contributed by atoms with van der Waals surface area (Å²) in [5, 5.41) is 0. The number of amides is 1. The largest absolute Gasteiger partial charge is 0.376 e. The number of nitrogens with zero attached hydrogens (tertiary/aromatic N) is 1. The molecule has 0 saturated carbocycles. The number of hydrogen-bond acceptors (Lipinski definition) is 3. The van der Waals surface area contributed by atoms with E-state index < -0.39 is 0 Å². The van der Waals surface area contributed by atoms with Crippen molar-refractivity contribution in [1.29, 1.82) is 0 Å². The van der Waals surface area contributed by atoms with Crippen LogP contribution in [-0.2, 0) is 9.53 Å². The fraction of sp³-hybridized carbons (Fsp3) is 0.909. The van der Waals surface area contributed by atoms with E-state index in [0.29, 0.717) is 13.1 Å². The Bertz CT molecular complexity index is 199. The second-order valence-electron chi connectivity index (χ2n) is 4.19. The first-order chi connectivity index (χ1) is 7.19. The molecule has 1 saturated heterocycles. The molecule has 4 heteroatoms. The SMILES string of the molecule is CCC(CN)C(=O)N(C)CC1CCCO1. The van der Waals surface area contributed by atoms with Crippen molar-refractivity contribution in [3.8, 4) is 0 Å². The van der Waals surface area contributed by atoms with Gasteiger partial charge in [0.15, 0.2) is 0 Å². The van der Waals surface area contributed by atoms with Crippen molar-refractivity contribution in [2.45, 2.75) is 32.3 Å². The summed E-state index contributed by atoms with van der Waals surface area (Å²) in [6.07, 6.45) is 3.22. The van der Waals surface area contributed by atoms with Gasteiger partial charge in [-0.1, -0.05) is 6.92 Å². The highest BCUT2D eigenvalue weighted by Crippen LogP contribution is 2.14. The minimum atomic E-state index is -0.0311. The second-order valence-corrected chi connectivity index (χ2v) is 4.19. The first-order valence-electron chi connectivity index (χ1n) is 5.75. The van der Waals surface area contributed by atoms with E-state index in [4.69, 9.17) is 10.5 Å². The monoisotopic (exact) mass is 214 g/mol. The molecule has 0 aliphatic carbocycles. The number of ether oxygens (including phenoxy) is 1. The van der Waals surface area contributed by atoms with Crippen LogP contribution in [0.5, 0.6) is 0 Å². The molecular formula is C11H22N2O2. The van der Waals surface area contributed by atoms with E-state index in [1.165, 1.54) is 0 Å². The molecule has 0 aromatic heterocycles. The number of carbonyl (C=O) groups excluding carboxylic acids is 1. The van der Waals surface area contributed by atoms with E-state index in [2.05, 4.69) is 0 Å². The summed E-state index contributed by atoms with van der Waals surface area (Å²) in [5.74, 6) is 0.118. The van der Waals surface area contributed by atoms with Crippen LogP contribution in [0.4, 0.5) is 0 Å². The fourth-order valence-electron chi connectivity index (χ4n) is 1.94. The summed E-state index contributed by atoms with van der Waals surface area (Å²) >= 11 is 0. The summed E-state index contributed by atoms with van der Waals surface area (Å²) < 4.78 is 5.50. The van der Waals surface area contributed by atoms with Crippen LogP contribution in [-0.4, -0.2) is 43.7 Å². The standard InChI is InChI=1S/C11H22N2O2/c1-3-9(7-12)11(14)13(2)8-10-5-4-6-15-10/h9-10H,3-8,12H2,1-2H3. The van der Waals surface area contributed by atoms with Crippen molar-refractivity contribution in [1.82, 2.24) is 4.90 Å². The molecule has 1 aliphatic rings. The van der Waals surface area contributed by atoms with Gasteiger partial charge in [-0.3, -0.25) is 4.79 Å². The number of nitrogens with two attached hydrogens (primary N) is 1. The lowest BCUT2D eigenvalue weighted by Crippen LogP contribution is -2.40. The molecule has 1 aliphatic heterocycles. The van der Waals surface area contributed by atoms with Gasteiger partial charge in [0.2, 0.25) is 5.91 Å². The van der Waals surface area contributed by atoms with Gasteiger partial charge in [-0.05, 0) is 19.3 Å². The van der Waals surface area contributed by atoms with Gasteiger partial charge in [0, 0.05) is 26.7 Å². The summed E-state index contributed by atoms with van der Waals surface area (Å²) in [4.78, 5) is 13.6. The highest BCUT2D eigenvalue weighted by molar-refractivity contribution is 5.78. The molecule has 2 N–H and O–H groups in total. The van der Waals surface area contributed by atoms with Gasteiger partial charge in [-0.2, -0.15) is 0 Å². The lowest BCUT2D eigenvalue weighted by molar-refractivity contribution is -0.135. The molecule has 88 valence electrons. The molecule has 0 bridgehead atoms. The van der Waals surface area contributed by atoms with Crippen molar-refractivity contribution < 1.29 is 9.53 Å². The van der Waals surface area contributed by atoms with Crippen LogP contribution in [0.25, 0.3) is 0 Å². The summed E-state index contributed by atoms with van der Waals surface area (Å²) in [7, 11) is 1.84. The molecule has 4 nitrogen and oxygen atoms in total. The van der Waals surface area contributed by atoms with Gasteiger partial charge in [-0.15, -0.1) is 0 Å². The van der Waals surface area contributed by atoms with Crippen molar-refractivity contribution in [3.05, 3.63) is 0 Å². The number of rotatable bonds is 5. The van der Waals surface area contributed by atoms with E-state index in [0.717, 1.165) is 25.9 Å². The molecule has 0 aromatic carbocycles. The predicted octanol–water partition coefficient (Wildman–Crippen LogP) is 0.609. The van der Waals surface area contributed by atoms with E-state index in [-0.39, 0.29) is 17.9 Å². The van der Waals surface area contributed by atoms with Gasteiger partial charge < -0.3 is 15.4 Å². The van der Waals surface area contributed by atoms with Crippen molar-refractivity contribution in [2.24, 2.45) is 11.7 Å². The molecule has 2 atom stereocenters. The van der Waals surface area contributed by atoms with Crippen LogP contribution in [0.3, 0.4) is 0 Å². The minimum absolute atomic E-state index is 0.0311. The lowest BCUT2D eigenvalue weighted by Gasteiger charge is -2.24. The third-order valence-electron chi connectivity index (χ3n) is 3.00. The van der Waals surface area contributed by atoms with Crippen LogP contribution < -0.4 is 5.73 Å². The molecule has 15 heavy (non-hydrogen) atoms. The predicted molar refractivity (Wildman–Crippen MR) is 59.4 cm³/mol. The maximum Gasteiger partial charge on any atom is 0.226 e. The van der Waals surface area contributed by atoms with Gasteiger partial charge in [0.05, 0.1) is 12.0 Å². The van der Waals surface area contributed by atoms with E-state index in [1.807, 2.05) is 14.0 Å². The average molecular weight is 214 g/mol. The van der Waals surface area contributed by atoms with Crippen LogP contribution >= 0.6 is 0 Å². The van der Waals surface area contributed by atoms with E-state index in [9.17, 15) is 4.79 Å². The van der Waals surface area contributed by atoms with Gasteiger partial charge in [0.1, 0.15) is 0 Å². The zero-order valence-electron chi connectivity index (χ0n) is 9.74. The third-order valence-corrected chi connectivity index (χ3v) is 3.00. The lowest BCUT2D eigenvalue weighted by atomic mass is 10.1. The Morgan fingerprint density at radius 3 is 2.87 bits per heavy atom. The smallest absolute Gasteiger partial charge is 0.226 e. The Kier molecular flexibility index (Phi) is 5.05. The van der Waals surface area contributed by atoms with Crippen LogP contribution in [0.2, 0.25) is 0 Å². The Labute approximate surface area is 91.8 Å². The van der Waals surface area contributed by atoms with Gasteiger partial charge in [0.25, 0.3) is 0 Å². The molecule has 0 radical (unpaired) electrons. The van der Waals surface area contributed by atoms with Crippen LogP contribution in [0.15, 0.2) is 0 Å². The molecule has 1 amide bonds. The number of carbonyl (C=O) groups is 1. The molecule has 1 heterocycles. The summed E-state index contributed by atoms with van der Waals surface area (Å²) in [6.45, 7) is 3.97. The van der Waals surface area contributed by atoms with E-state index in [1.54, 1.807) is 4.90 Å². The zero-order valence-corrected chi connectivity index (χ0v) is 9.74. The van der Waals surface area contributed by atoms with Crippen molar-refractivity contribution in [3.63, 3.8) is 0 Å². The maximum absolute atomic E-state index is 11.9. The topological polar surface area (TPSA) is 55.6 Å².